The Morgan fingerprint density at radius 3 is 2.30 bits per heavy atom. The van der Waals surface area contributed by atoms with E-state index < -0.39 is 20.9 Å². The van der Waals surface area contributed by atoms with Crippen LogP contribution in [0, 0.1) is 13.8 Å². The summed E-state index contributed by atoms with van der Waals surface area (Å²) in [5.41, 5.74) is 5.80. The van der Waals surface area contributed by atoms with Crippen LogP contribution in [0.5, 0.6) is 0 Å². The molecule has 1 aliphatic carbocycles. The maximum atomic E-state index is 15.3. The van der Waals surface area contributed by atoms with E-state index in [-0.39, 0.29) is 30.8 Å². The molecule has 7 nitrogen and oxygen atoms in total. The lowest BCUT2D eigenvalue weighted by Gasteiger charge is -2.56. The van der Waals surface area contributed by atoms with Gasteiger partial charge in [0.05, 0.1) is 18.3 Å². The van der Waals surface area contributed by atoms with Gasteiger partial charge in [0.2, 0.25) is 10.0 Å². The number of fused-ring (bicyclic) bond motifs is 2. The van der Waals surface area contributed by atoms with Crippen molar-refractivity contribution in [2.24, 2.45) is 0 Å². The third-order valence-electron chi connectivity index (χ3n) is 12.4. The molecule has 2 N–H and O–H groups in total. The predicted octanol–water partition coefficient (Wildman–Crippen LogP) is 6.31. The SMILES string of the molecule is Cc1cccc(-c2ccc([C@H]3C4CN(S(=O)(=O)C5N6CCCCCC6NC56CCCCCCCC6)C/C=C\CN4[C@@H]3CO)cc2)c1C. The molecule has 4 aliphatic heterocycles. The quantitative estimate of drug-likeness (QED) is 0.367. The molecule has 1 saturated carbocycles. The number of aliphatic hydroxyl groups excluding tert-OH is 1. The van der Waals surface area contributed by atoms with Gasteiger partial charge in [-0.05, 0) is 67.3 Å². The zero-order valence-electron chi connectivity index (χ0n) is 28.6. The first kappa shape index (κ1) is 33.4. The first-order valence-corrected chi connectivity index (χ1v) is 20.0. The number of sulfonamides is 1. The van der Waals surface area contributed by atoms with Gasteiger partial charge < -0.3 is 5.11 Å². The van der Waals surface area contributed by atoms with Gasteiger partial charge >= 0.3 is 0 Å². The minimum Gasteiger partial charge on any atom is -0.395 e. The molecule has 7 rings (SSSR count). The molecule has 256 valence electrons. The first-order chi connectivity index (χ1) is 22.8. The summed E-state index contributed by atoms with van der Waals surface area (Å²) >= 11 is 0. The number of benzene rings is 2. The van der Waals surface area contributed by atoms with Crippen LogP contribution in [0.3, 0.4) is 0 Å². The zero-order chi connectivity index (χ0) is 32.6. The molecule has 2 aromatic rings. The van der Waals surface area contributed by atoms with Gasteiger partial charge in [-0.3, -0.25) is 15.1 Å². The van der Waals surface area contributed by atoms with Gasteiger partial charge in [0.25, 0.3) is 0 Å². The Hall–Kier alpha value is -2.07. The molecular formula is C39H56N4O3S. The Morgan fingerprint density at radius 2 is 1.55 bits per heavy atom. The van der Waals surface area contributed by atoms with Crippen molar-refractivity contribution in [2.45, 2.75) is 126 Å². The van der Waals surface area contributed by atoms with E-state index >= 15 is 8.42 Å². The average molecular weight is 661 g/mol. The first-order valence-electron chi connectivity index (χ1n) is 18.5. The Morgan fingerprint density at radius 1 is 0.851 bits per heavy atom. The third kappa shape index (κ3) is 6.28. The summed E-state index contributed by atoms with van der Waals surface area (Å²) in [5, 5.41) is 14.1. The minimum absolute atomic E-state index is 0.0178. The van der Waals surface area contributed by atoms with Crippen molar-refractivity contribution in [1.29, 1.82) is 0 Å². The maximum Gasteiger partial charge on any atom is 0.232 e. The molecule has 0 bridgehead atoms. The van der Waals surface area contributed by atoms with E-state index in [0.717, 1.165) is 58.0 Å². The minimum atomic E-state index is -3.68. The zero-order valence-corrected chi connectivity index (χ0v) is 29.4. The second-order valence-electron chi connectivity index (χ2n) is 15.1. The summed E-state index contributed by atoms with van der Waals surface area (Å²) in [5.74, 6) is 0.0726. The van der Waals surface area contributed by atoms with E-state index in [1.807, 2.05) is 10.4 Å². The van der Waals surface area contributed by atoms with Crippen molar-refractivity contribution < 1.29 is 13.5 Å². The molecule has 5 aliphatic rings. The highest BCUT2D eigenvalue weighted by molar-refractivity contribution is 7.89. The molecule has 0 amide bonds. The predicted molar refractivity (Wildman–Crippen MR) is 191 cm³/mol. The van der Waals surface area contributed by atoms with E-state index in [4.69, 9.17) is 0 Å². The van der Waals surface area contributed by atoms with E-state index in [2.05, 4.69) is 77.5 Å². The van der Waals surface area contributed by atoms with Crippen molar-refractivity contribution in [1.82, 2.24) is 19.4 Å². The second-order valence-corrected chi connectivity index (χ2v) is 17.1. The topological polar surface area (TPSA) is 76.1 Å². The molecule has 8 heteroatoms. The van der Waals surface area contributed by atoms with Gasteiger partial charge in [-0.25, -0.2) is 8.42 Å². The highest BCUT2D eigenvalue weighted by Crippen LogP contribution is 2.45. The van der Waals surface area contributed by atoms with Crippen molar-refractivity contribution in [3.8, 4) is 11.1 Å². The number of hydrogen-bond donors (Lipinski definition) is 2. The van der Waals surface area contributed by atoms with Crippen LogP contribution >= 0.6 is 0 Å². The van der Waals surface area contributed by atoms with Crippen molar-refractivity contribution in [3.05, 3.63) is 71.3 Å². The average Bonchev–Trinajstić information content (AvgIpc) is 3.27. The van der Waals surface area contributed by atoms with Crippen LogP contribution in [-0.2, 0) is 10.0 Å². The van der Waals surface area contributed by atoms with E-state index in [1.165, 1.54) is 59.9 Å². The Kier molecular flexibility index (Phi) is 9.99. The van der Waals surface area contributed by atoms with Gasteiger partial charge in [0.1, 0.15) is 5.37 Å². The van der Waals surface area contributed by atoms with Crippen LogP contribution < -0.4 is 5.32 Å². The standard InChI is InChI=1S/C39H56N4O3S/c1-29-15-14-16-33(30(29)2)31-18-20-32(21-19-31)37-34-27-41(24-12-13-25-42(34)35(37)28-44)47(45,46)38-39(22-9-5-3-4-6-10-23-39)40-36-17-8-7-11-26-43(36)38/h12-16,18-21,34-38,40,44H,3-11,17,22-28H2,1-2H3/b13-12-/t34?,35-,36?,37+,38?/m1/s1. The van der Waals surface area contributed by atoms with Crippen LogP contribution in [0.2, 0.25) is 0 Å². The van der Waals surface area contributed by atoms with Crippen LogP contribution in [-0.4, -0.2) is 89.6 Å². The van der Waals surface area contributed by atoms with Crippen molar-refractivity contribution in [2.75, 3.05) is 32.8 Å². The maximum absolute atomic E-state index is 15.3. The van der Waals surface area contributed by atoms with Gasteiger partial charge in [0, 0.05) is 44.2 Å². The van der Waals surface area contributed by atoms with Crippen LogP contribution in [0.1, 0.15) is 99.7 Å². The molecule has 3 unspecified atom stereocenters. The molecule has 0 aromatic heterocycles. The molecule has 4 heterocycles. The largest absolute Gasteiger partial charge is 0.395 e. The van der Waals surface area contributed by atoms with Crippen LogP contribution in [0.25, 0.3) is 11.1 Å². The third-order valence-corrected chi connectivity index (χ3v) is 14.7. The summed E-state index contributed by atoms with van der Waals surface area (Å²) in [6.45, 7) is 6.86. The Balaban J connectivity index is 1.20. The van der Waals surface area contributed by atoms with Crippen molar-refractivity contribution >= 4 is 10.0 Å². The monoisotopic (exact) mass is 660 g/mol. The van der Waals surface area contributed by atoms with Gasteiger partial charge in [-0.15, -0.1) is 0 Å². The second kappa shape index (κ2) is 14.0. The summed E-state index contributed by atoms with van der Waals surface area (Å²) in [6, 6.07) is 15.3. The summed E-state index contributed by atoms with van der Waals surface area (Å²) in [6.07, 6.45) is 17.7. The van der Waals surface area contributed by atoms with E-state index in [0.29, 0.717) is 13.1 Å². The highest BCUT2D eigenvalue weighted by Gasteiger charge is 2.59. The number of aliphatic hydroxyl groups is 1. The van der Waals surface area contributed by atoms with Crippen LogP contribution in [0.15, 0.2) is 54.6 Å². The normalized spacial score (nSPS) is 31.7. The molecule has 3 saturated heterocycles. The molecule has 0 radical (unpaired) electrons. The highest BCUT2D eigenvalue weighted by atomic mass is 32.2. The van der Waals surface area contributed by atoms with E-state index in [1.54, 1.807) is 0 Å². The lowest BCUT2D eigenvalue weighted by molar-refractivity contribution is -0.0417. The summed E-state index contributed by atoms with van der Waals surface area (Å²) in [7, 11) is -3.68. The van der Waals surface area contributed by atoms with Crippen LogP contribution in [0.4, 0.5) is 0 Å². The summed E-state index contributed by atoms with van der Waals surface area (Å²) in [4.78, 5) is 4.71. The number of aryl methyl sites for hydroxylation is 1. The van der Waals surface area contributed by atoms with E-state index in [9.17, 15) is 5.11 Å². The van der Waals surface area contributed by atoms with Crippen molar-refractivity contribution in [3.63, 3.8) is 0 Å². The lowest BCUT2D eigenvalue weighted by atomic mass is 9.74. The number of nitrogens with zero attached hydrogens (tertiary/aromatic N) is 3. The number of rotatable bonds is 5. The molecule has 5 atom stereocenters. The Bertz CT molecular complexity index is 1520. The number of hydrogen-bond acceptors (Lipinski definition) is 6. The molecule has 47 heavy (non-hydrogen) atoms. The number of nitrogens with one attached hydrogen (secondary N) is 1. The Labute approximate surface area is 283 Å². The van der Waals surface area contributed by atoms with Gasteiger partial charge in [-0.1, -0.05) is 106 Å². The lowest BCUT2D eigenvalue weighted by Crippen LogP contribution is -2.68. The molecule has 2 aromatic carbocycles. The fourth-order valence-electron chi connectivity index (χ4n) is 9.78. The van der Waals surface area contributed by atoms with Gasteiger partial charge in [-0.2, -0.15) is 4.31 Å². The molecule has 4 fully saturated rings. The molecular weight excluding hydrogens is 605 g/mol. The smallest absolute Gasteiger partial charge is 0.232 e. The van der Waals surface area contributed by atoms with Gasteiger partial charge in [0.15, 0.2) is 0 Å². The molecule has 1 spiro atoms. The fourth-order valence-corrected chi connectivity index (χ4v) is 12.2. The summed E-state index contributed by atoms with van der Waals surface area (Å²) < 4.78 is 32.3. The fraction of sp³-hybridized carbons (Fsp3) is 0.641.